The van der Waals surface area contributed by atoms with Crippen molar-refractivity contribution in [1.82, 2.24) is 0 Å². The van der Waals surface area contributed by atoms with Gasteiger partial charge in [-0.25, -0.2) is 0 Å². The van der Waals surface area contributed by atoms with Crippen LogP contribution in [-0.2, 0) is 85.7 Å². The minimum Gasteiger partial charge on any atom is -0.470 e. The van der Waals surface area contributed by atoms with Gasteiger partial charge in [0.25, 0.3) is 0 Å². The highest BCUT2D eigenvalue weighted by atomic mass is 16.8. The number of allylic oxidation sites excluding steroid dienone is 1. The molecule has 2 rings (SSSR count). The average molecular weight is 705 g/mol. The molecule has 0 spiro atoms. The van der Waals surface area contributed by atoms with Gasteiger partial charge in [0.15, 0.2) is 42.9 Å². The van der Waals surface area contributed by atoms with E-state index in [2.05, 4.69) is 0 Å². The van der Waals surface area contributed by atoms with E-state index >= 15 is 0 Å². The van der Waals surface area contributed by atoms with E-state index in [1.807, 2.05) is 6.92 Å². The Kier molecular flexibility index (Phi) is 16.4. The minimum absolute atomic E-state index is 0.463. The maximum atomic E-state index is 12.4. The van der Waals surface area contributed by atoms with E-state index in [0.717, 1.165) is 54.9 Å². The fourth-order valence-corrected chi connectivity index (χ4v) is 4.95. The van der Waals surface area contributed by atoms with Crippen molar-refractivity contribution in [3.8, 4) is 0 Å². The van der Waals surface area contributed by atoms with Gasteiger partial charge in [0.05, 0.1) is 6.26 Å². The number of rotatable bonds is 15. The Labute approximate surface area is 282 Å². The second kappa shape index (κ2) is 19.6. The third-order valence-corrected chi connectivity index (χ3v) is 6.65. The number of carbonyl (C=O) groups excluding carboxylic acids is 7. The van der Waals surface area contributed by atoms with Crippen LogP contribution >= 0.6 is 0 Å². The van der Waals surface area contributed by atoms with Crippen LogP contribution in [0.3, 0.4) is 0 Å². The second-order valence-electron chi connectivity index (χ2n) is 11.0. The summed E-state index contributed by atoms with van der Waals surface area (Å²) < 4.78 is 61.8. The van der Waals surface area contributed by atoms with Crippen molar-refractivity contribution in [2.75, 3.05) is 13.2 Å². The number of ether oxygens (including phenoxy) is 11. The summed E-state index contributed by atoms with van der Waals surface area (Å²) in [5, 5.41) is 0. The molecule has 2 aliphatic heterocycles. The standard InChI is InChI=1S/C31H44O18/c1-9-10-11-12-39-30-28(26(44-19(6)36)24(42-17(4)34)22(47-30)13-40-15(2)32)49-31-29(46-21(8)38)27(45-20(7)37)25(43-18(5)35)23(48-31)14-41-16(3)33/h11-12,22-31H,9-10,13-14H2,1-8H3/t22-,23-,24-,25-,26+,27+,28+,29+,30-,31+/m1/s1. The smallest absolute Gasteiger partial charge is 0.303 e. The lowest BCUT2D eigenvalue weighted by atomic mass is 9.96. The van der Waals surface area contributed by atoms with Crippen LogP contribution < -0.4 is 0 Å². The summed E-state index contributed by atoms with van der Waals surface area (Å²) in [6.07, 6.45) is -10.9. The molecule has 0 aromatic heterocycles. The predicted octanol–water partition coefficient (Wildman–Crippen LogP) is 0.937. The molecule has 0 unspecified atom stereocenters. The Balaban J connectivity index is 2.73. The van der Waals surface area contributed by atoms with Crippen LogP contribution in [0.4, 0.5) is 0 Å². The number of esters is 7. The Bertz CT molecular complexity index is 1210. The zero-order valence-electron chi connectivity index (χ0n) is 28.6. The summed E-state index contributed by atoms with van der Waals surface area (Å²) in [6.45, 7) is 8.48. The summed E-state index contributed by atoms with van der Waals surface area (Å²) in [7, 11) is 0. The van der Waals surface area contributed by atoms with Gasteiger partial charge in [-0.1, -0.05) is 13.3 Å². The number of hydrogen-bond acceptors (Lipinski definition) is 18. The average Bonchev–Trinajstić information content (AvgIpc) is 2.97. The van der Waals surface area contributed by atoms with Crippen molar-refractivity contribution >= 4 is 41.8 Å². The van der Waals surface area contributed by atoms with Crippen molar-refractivity contribution in [2.24, 2.45) is 0 Å². The first-order valence-electron chi connectivity index (χ1n) is 15.4. The molecule has 2 heterocycles. The van der Waals surface area contributed by atoms with Gasteiger partial charge < -0.3 is 52.1 Å². The maximum absolute atomic E-state index is 12.4. The molecule has 2 fully saturated rings. The Morgan fingerprint density at radius 1 is 0.510 bits per heavy atom. The molecule has 0 radical (unpaired) electrons. The highest BCUT2D eigenvalue weighted by Crippen LogP contribution is 2.35. The van der Waals surface area contributed by atoms with Gasteiger partial charge in [0.1, 0.15) is 25.4 Å². The Hall–Kier alpha value is -4.29. The first-order valence-corrected chi connectivity index (χ1v) is 15.4. The molecule has 2 aliphatic rings. The second-order valence-corrected chi connectivity index (χ2v) is 11.0. The van der Waals surface area contributed by atoms with E-state index in [-0.39, 0.29) is 0 Å². The van der Waals surface area contributed by atoms with E-state index in [9.17, 15) is 33.6 Å². The van der Waals surface area contributed by atoms with Gasteiger partial charge >= 0.3 is 41.8 Å². The third-order valence-electron chi connectivity index (χ3n) is 6.65. The van der Waals surface area contributed by atoms with Crippen molar-refractivity contribution in [1.29, 1.82) is 0 Å². The van der Waals surface area contributed by atoms with Crippen molar-refractivity contribution < 1.29 is 85.7 Å². The van der Waals surface area contributed by atoms with Gasteiger partial charge in [-0.3, -0.25) is 33.6 Å². The fourth-order valence-electron chi connectivity index (χ4n) is 4.95. The van der Waals surface area contributed by atoms with E-state index in [4.69, 9.17) is 52.1 Å². The first-order chi connectivity index (χ1) is 23.0. The van der Waals surface area contributed by atoms with Gasteiger partial charge in [-0.2, -0.15) is 0 Å². The largest absolute Gasteiger partial charge is 0.470 e. The first kappa shape index (κ1) is 40.9. The molecule has 0 bridgehead atoms. The lowest BCUT2D eigenvalue weighted by Gasteiger charge is -2.48. The van der Waals surface area contributed by atoms with Crippen LogP contribution in [0.2, 0.25) is 0 Å². The molecule has 0 saturated carbocycles. The summed E-state index contributed by atoms with van der Waals surface area (Å²) in [6, 6.07) is 0. The predicted molar refractivity (Wildman–Crippen MR) is 158 cm³/mol. The van der Waals surface area contributed by atoms with Gasteiger partial charge in [-0.05, 0) is 12.5 Å². The molecule has 10 atom stereocenters. The highest BCUT2D eigenvalue weighted by molar-refractivity contribution is 5.69. The molecular formula is C31H44O18. The SMILES string of the molecule is CCCC=CO[C@@H]1O[C@H](COC(C)=O)[C@@H](OC(C)=O)[C@H](OC(C)=O)[C@@H]1O[C@@H]1O[C@H](COC(C)=O)[C@@H](OC(C)=O)[C@H](OC(C)=O)[C@@H]1OC(C)=O. The van der Waals surface area contributed by atoms with Gasteiger partial charge in [0.2, 0.25) is 6.29 Å². The summed E-state index contributed by atoms with van der Waals surface area (Å²) in [4.78, 5) is 84.8. The fraction of sp³-hybridized carbons (Fsp3) is 0.710. The van der Waals surface area contributed by atoms with E-state index in [0.29, 0.717) is 6.42 Å². The van der Waals surface area contributed by atoms with Crippen LogP contribution in [0.25, 0.3) is 0 Å². The van der Waals surface area contributed by atoms with Crippen LogP contribution in [0.1, 0.15) is 68.2 Å². The zero-order chi connectivity index (χ0) is 36.8. The van der Waals surface area contributed by atoms with Crippen LogP contribution in [0.15, 0.2) is 12.3 Å². The van der Waals surface area contributed by atoms with Crippen molar-refractivity contribution in [3.63, 3.8) is 0 Å². The lowest BCUT2D eigenvalue weighted by molar-refractivity contribution is -0.363. The van der Waals surface area contributed by atoms with Gasteiger partial charge in [0, 0.05) is 48.5 Å². The van der Waals surface area contributed by atoms with Crippen LogP contribution in [0, 0.1) is 0 Å². The molecule has 18 nitrogen and oxygen atoms in total. The molecule has 18 heteroatoms. The molecule has 0 N–H and O–H groups in total. The summed E-state index contributed by atoms with van der Waals surface area (Å²) in [5.41, 5.74) is 0. The topological polar surface area (TPSA) is 221 Å². The molecule has 276 valence electrons. The molecule has 0 aromatic rings. The molecular weight excluding hydrogens is 660 g/mol. The third kappa shape index (κ3) is 13.3. The normalized spacial score (nSPS) is 29.6. The van der Waals surface area contributed by atoms with Crippen molar-refractivity contribution in [2.45, 2.75) is 130 Å². The van der Waals surface area contributed by atoms with Crippen molar-refractivity contribution in [3.05, 3.63) is 12.3 Å². The Morgan fingerprint density at radius 2 is 0.898 bits per heavy atom. The molecule has 0 amide bonds. The summed E-state index contributed by atoms with van der Waals surface area (Å²) in [5.74, 6) is -5.73. The van der Waals surface area contributed by atoms with Gasteiger partial charge in [-0.15, -0.1) is 0 Å². The Morgan fingerprint density at radius 3 is 1.31 bits per heavy atom. The number of carbonyl (C=O) groups is 7. The number of unbranched alkanes of at least 4 members (excludes halogenated alkanes) is 1. The molecule has 49 heavy (non-hydrogen) atoms. The van der Waals surface area contributed by atoms with E-state index in [1.165, 1.54) is 6.26 Å². The van der Waals surface area contributed by atoms with E-state index < -0.39 is 116 Å². The van der Waals surface area contributed by atoms with Crippen LogP contribution in [-0.4, -0.2) is 116 Å². The quantitative estimate of drug-likeness (QED) is 0.131. The maximum Gasteiger partial charge on any atom is 0.303 e. The zero-order valence-corrected chi connectivity index (χ0v) is 28.6. The lowest BCUT2D eigenvalue weighted by Crippen LogP contribution is -2.67. The molecule has 0 aliphatic carbocycles. The number of hydrogen-bond donors (Lipinski definition) is 0. The molecule has 0 aromatic carbocycles. The monoisotopic (exact) mass is 704 g/mol. The highest BCUT2D eigenvalue weighted by Gasteiger charge is 2.57. The van der Waals surface area contributed by atoms with Crippen LogP contribution in [0.5, 0.6) is 0 Å². The van der Waals surface area contributed by atoms with E-state index in [1.54, 1.807) is 6.08 Å². The molecule has 2 saturated heterocycles. The minimum atomic E-state index is -1.76. The summed E-state index contributed by atoms with van der Waals surface area (Å²) >= 11 is 0.